The molecular weight excluding hydrogens is 330 g/mol. The Labute approximate surface area is 156 Å². The maximum atomic E-state index is 12.0. The molecule has 144 valence electrons. The third-order valence-corrected chi connectivity index (χ3v) is 5.45. The first kappa shape index (κ1) is 19.1. The highest BCUT2D eigenvalue weighted by Gasteiger charge is 2.24. The number of aromatic nitrogens is 1. The molecule has 2 atom stereocenters. The van der Waals surface area contributed by atoms with Crippen molar-refractivity contribution in [1.82, 2.24) is 15.2 Å². The van der Waals surface area contributed by atoms with E-state index in [0.29, 0.717) is 19.3 Å². The summed E-state index contributed by atoms with van der Waals surface area (Å²) in [5.74, 6) is 0. The molecule has 0 radical (unpaired) electrons. The molecule has 2 aliphatic rings. The zero-order valence-electron chi connectivity index (χ0n) is 15.8. The number of pyridine rings is 1. The molecule has 1 aromatic rings. The number of ether oxygens (including phenoxy) is 2. The first-order chi connectivity index (χ1) is 12.7. The maximum Gasteiger partial charge on any atom is 0.407 e. The Bertz CT molecular complexity index is 575. The van der Waals surface area contributed by atoms with E-state index in [1.807, 2.05) is 12.4 Å². The van der Waals surface area contributed by atoms with Gasteiger partial charge in [0.1, 0.15) is 6.61 Å². The fraction of sp³-hybridized carbons (Fsp3) is 0.700. The summed E-state index contributed by atoms with van der Waals surface area (Å²) in [6.07, 6.45) is 10.1. The number of nitrogens with one attached hydrogen (secondary N) is 1. The molecule has 0 bridgehead atoms. The van der Waals surface area contributed by atoms with Crippen LogP contribution in [0.5, 0.6) is 0 Å². The molecule has 0 spiro atoms. The van der Waals surface area contributed by atoms with Crippen molar-refractivity contribution in [2.24, 2.45) is 0 Å². The van der Waals surface area contributed by atoms with Crippen LogP contribution in [-0.2, 0) is 15.9 Å². The fourth-order valence-electron chi connectivity index (χ4n) is 3.80. The molecule has 0 aliphatic carbocycles. The summed E-state index contributed by atoms with van der Waals surface area (Å²) >= 11 is 0. The monoisotopic (exact) mass is 361 g/mol. The highest BCUT2D eigenvalue weighted by Crippen LogP contribution is 2.19. The highest BCUT2D eigenvalue weighted by atomic mass is 16.6. The molecule has 2 fully saturated rings. The number of likely N-dealkylation sites (tertiary alicyclic amines) is 1. The molecule has 1 amide bonds. The molecule has 1 aromatic heterocycles. The number of rotatable bonds is 7. The average molecular weight is 361 g/mol. The number of aryl methyl sites for hydroxylation is 2. The van der Waals surface area contributed by atoms with Crippen molar-refractivity contribution in [2.75, 3.05) is 32.9 Å². The van der Waals surface area contributed by atoms with Crippen LogP contribution in [0.2, 0.25) is 0 Å². The molecule has 1 N–H and O–H groups in total. The van der Waals surface area contributed by atoms with Crippen molar-refractivity contribution >= 4 is 6.09 Å². The number of hydrogen-bond donors (Lipinski definition) is 1. The lowest BCUT2D eigenvalue weighted by Gasteiger charge is -2.35. The lowest BCUT2D eigenvalue weighted by atomic mass is 10.0. The molecule has 6 nitrogen and oxygen atoms in total. The Balaban J connectivity index is 1.40. The lowest BCUT2D eigenvalue weighted by molar-refractivity contribution is 0.0660. The lowest BCUT2D eigenvalue weighted by Crippen LogP contribution is -2.45. The Kier molecular flexibility index (Phi) is 7.26. The van der Waals surface area contributed by atoms with E-state index in [1.165, 1.54) is 24.0 Å². The second kappa shape index (κ2) is 9.88. The van der Waals surface area contributed by atoms with Crippen molar-refractivity contribution in [2.45, 2.75) is 57.5 Å². The average Bonchev–Trinajstić information content (AvgIpc) is 3.15. The van der Waals surface area contributed by atoms with Crippen molar-refractivity contribution < 1.29 is 14.3 Å². The third kappa shape index (κ3) is 5.68. The van der Waals surface area contributed by atoms with Gasteiger partial charge >= 0.3 is 6.09 Å². The zero-order valence-corrected chi connectivity index (χ0v) is 15.8. The van der Waals surface area contributed by atoms with Crippen molar-refractivity contribution in [1.29, 1.82) is 0 Å². The van der Waals surface area contributed by atoms with Crippen molar-refractivity contribution in [3.63, 3.8) is 0 Å². The van der Waals surface area contributed by atoms with Crippen LogP contribution in [0, 0.1) is 6.92 Å². The van der Waals surface area contributed by atoms with Gasteiger partial charge in [0.15, 0.2) is 0 Å². The van der Waals surface area contributed by atoms with E-state index in [-0.39, 0.29) is 12.1 Å². The number of piperidine rings is 1. The van der Waals surface area contributed by atoms with Crippen LogP contribution in [0.4, 0.5) is 4.79 Å². The molecular formula is C20H31N3O3. The van der Waals surface area contributed by atoms with Gasteiger partial charge in [0.25, 0.3) is 0 Å². The molecule has 0 aromatic carbocycles. The van der Waals surface area contributed by atoms with Crippen LogP contribution in [0.15, 0.2) is 18.5 Å². The van der Waals surface area contributed by atoms with Gasteiger partial charge in [-0.2, -0.15) is 0 Å². The number of carbonyl (C=O) groups is 1. The molecule has 3 rings (SSSR count). The molecule has 0 saturated carbocycles. The summed E-state index contributed by atoms with van der Waals surface area (Å²) in [6.45, 7) is 6.07. The van der Waals surface area contributed by atoms with E-state index in [0.717, 1.165) is 45.4 Å². The Morgan fingerprint density at radius 2 is 2.35 bits per heavy atom. The van der Waals surface area contributed by atoms with E-state index < -0.39 is 0 Å². The van der Waals surface area contributed by atoms with Gasteiger partial charge < -0.3 is 14.8 Å². The van der Waals surface area contributed by atoms with Gasteiger partial charge in [-0.25, -0.2) is 4.79 Å². The van der Waals surface area contributed by atoms with E-state index in [9.17, 15) is 4.79 Å². The summed E-state index contributed by atoms with van der Waals surface area (Å²) in [5.41, 5.74) is 2.64. The molecule has 26 heavy (non-hydrogen) atoms. The standard InChI is InChI=1S/C20H31N3O3/c1-16-7-9-21-13-17(16)5-4-11-23-10-3-2-6-19(23)15-26-20(24)22-18-8-12-25-14-18/h7,9,13,18-19H,2-6,8,10-12,14-15H2,1H3,(H,22,24)/t18-,19+/m1/s1. The van der Waals surface area contributed by atoms with E-state index in [1.54, 1.807) is 0 Å². The predicted octanol–water partition coefficient (Wildman–Crippen LogP) is 2.69. The Morgan fingerprint density at radius 3 is 3.15 bits per heavy atom. The number of alkyl carbamates (subject to hydrolysis) is 1. The summed E-state index contributed by atoms with van der Waals surface area (Å²) in [5, 5.41) is 2.89. The zero-order chi connectivity index (χ0) is 18.2. The maximum absolute atomic E-state index is 12.0. The molecule has 2 saturated heterocycles. The summed E-state index contributed by atoms with van der Waals surface area (Å²) in [6, 6.07) is 2.51. The van der Waals surface area contributed by atoms with Crippen LogP contribution in [0.1, 0.15) is 43.2 Å². The molecule has 3 heterocycles. The van der Waals surface area contributed by atoms with E-state index in [2.05, 4.69) is 28.2 Å². The van der Waals surface area contributed by atoms with Crippen LogP contribution in [0.3, 0.4) is 0 Å². The first-order valence-corrected chi connectivity index (χ1v) is 9.87. The fourth-order valence-corrected chi connectivity index (χ4v) is 3.80. The van der Waals surface area contributed by atoms with E-state index >= 15 is 0 Å². The van der Waals surface area contributed by atoms with Crippen LogP contribution < -0.4 is 5.32 Å². The second-order valence-corrected chi connectivity index (χ2v) is 7.39. The normalized spacial score (nSPS) is 23.7. The Hall–Kier alpha value is -1.66. The van der Waals surface area contributed by atoms with Crippen LogP contribution >= 0.6 is 0 Å². The summed E-state index contributed by atoms with van der Waals surface area (Å²) in [4.78, 5) is 18.7. The smallest absolute Gasteiger partial charge is 0.407 e. The minimum absolute atomic E-state index is 0.104. The van der Waals surface area contributed by atoms with Crippen LogP contribution in [0.25, 0.3) is 0 Å². The molecule has 2 aliphatic heterocycles. The highest BCUT2D eigenvalue weighted by molar-refractivity contribution is 5.67. The summed E-state index contributed by atoms with van der Waals surface area (Å²) < 4.78 is 10.8. The van der Waals surface area contributed by atoms with E-state index in [4.69, 9.17) is 9.47 Å². The predicted molar refractivity (Wildman–Crippen MR) is 100 cm³/mol. The SMILES string of the molecule is Cc1ccncc1CCCN1CCCC[C@H]1COC(=O)N[C@@H]1CCOC1. The largest absolute Gasteiger partial charge is 0.448 e. The van der Waals surface area contributed by atoms with Crippen molar-refractivity contribution in [3.05, 3.63) is 29.6 Å². The second-order valence-electron chi connectivity index (χ2n) is 7.39. The summed E-state index contributed by atoms with van der Waals surface area (Å²) in [7, 11) is 0. The van der Waals surface area contributed by atoms with Gasteiger partial charge in [-0.15, -0.1) is 0 Å². The van der Waals surface area contributed by atoms with Gasteiger partial charge in [0.2, 0.25) is 0 Å². The minimum atomic E-state index is -0.308. The number of hydrogen-bond acceptors (Lipinski definition) is 5. The van der Waals surface area contributed by atoms with Gasteiger partial charge in [0, 0.05) is 25.0 Å². The van der Waals surface area contributed by atoms with Gasteiger partial charge in [-0.3, -0.25) is 9.88 Å². The first-order valence-electron chi connectivity index (χ1n) is 9.87. The van der Waals surface area contributed by atoms with Gasteiger partial charge in [0.05, 0.1) is 12.6 Å². The topological polar surface area (TPSA) is 63.7 Å². The quantitative estimate of drug-likeness (QED) is 0.809. The third-order valence-electron chi connectivity index (χ3n) is 5.45. The Morgan fingerprint density at radius 1 is 1.42 bits per heavy atom. The molecule has 6 heteroatoms. The molecule has 0 unspecified atom stereocenters. The van der Waals surface area contributed by atoms with Gasteiger partial charge in [-0.05, 0) is 69.3 Å². The van der Waals surface area contributed by atoms with Gasteiger partial charge in [-0.1, -0.05) is 6.42 Å². The number of amides is 1. The number of nitrogens with zero attached hydrogens (tertiary/aromatic N) is 2. The minimum Gasteiger partial charge on any atom is -0.448 e. The number of carbonyl (C=O) groups excluding carboxylic acids is 1. The van der Waals surface area contributed by atoms with Crippen molar-refractivity contribution in [3.8, 4) is 0 Å². The van der Waals surface area contributed by atoms with Crippen LogP contribution in [-0.4, -0.2) is 61.0 Å².